The van der Waals surface area contributed by atoms with E-state index in [9.17, 15) is 18.8 Å². The standard InChI is InChI=1S/C19H23FN2O4S/c1-4-26-18(25)19(9-10-27-3)14-13(16(23)22(2)17(14)24)15(21-19)11-7-5-6-8-12(11)20/h5-8,13-15,21H,4,9-10H2,1-3H3/t13-,14-,15-,19-/m0/s1. The number of nitrogens with zero attached hydrogens (tertiary/aromatic N) is 1. The number of fused-ring (bicyclic) bond motifs is 1. The van der Waals surface area contributed by atoms with E-state index in [2.05, 4.69) is 5.32 Å². The van der Waals surface area contributed by atoms with Gasteiger partial charge in [-0.15, -0.1) is 0 Å². The summed E-state index contributed by atoms with van der Waals surface area (Å²) in [7, 11) is 1.41. The summed E-state index contributed by atoms with van der Waals surface area (Å²) in [4.78, 5) is 39.7. The van der Waals surface area contributed by atoms with Crippen molar-refractivity contribution in [2.24, 2.45) is 11.8 Å². The quantitative estimate of drug-likeness (QED) is 0.585. The van der Waals surface area contributed by atoms with Gasteiger partial charge in [0.25, 0.3) is 0 Å². The Morgan fingerprint density at radius 1 is 1.33 bits per heavy atom. The Morgan fingerprint density at radius 3 is 2.67 bits per heavy atom. The number of hydrogen-bond donors (Lipinski definition) is 1. The number of hydrogen-bond acceptors (Lipinski definition) is 6. The average Bonchev–Trinajstić information content (AvgIpc) is 3.11. The fourth-order valence-corrected chi connectivity index (χ4v) is 4.71. The molecule has 1 aromatic carbocycles. The molecule has 0 saturated carbocycles. The zero-order valence-electron chi connectivity index (χ0n) is 15.5. The summed E-state index contributed by atoms with van der Waals surface area (Å²) >= 11 is 1.53. The van der Waals surface area contributed by atoms with E-state index in [1.165, 1.54) is 24.9 Å². The topological polar surface area (TPSA) is 75.7 Å². The Balaban J connectivity index is 2.14. The number of likely N-dealkylation sites (tertiary alicyclic amines) is 1. The van der Waals surface area contributed by atoms with E-state index < -0.39 is 47.0 Å². The number of rotatable bonds is 6. The molecule has 2 fully saturated rings. The lowest BCUT2D eigenvalue weighted by Crippen LogP contribution is -2.56. The highest BCUT2D eigenvalue weighted by molar-refractivity contribution is 7.98. The van der Waals surface area contributed by atoms with Gasteiger partial charge in [-0.25, -0.2) is 4.39 Å². The minimum atomic E-state index is -1.35. The first-order valence-corrected chi connectivity index (χ1v) is 10.3. The lowest BCUT2D eigenvalue weighted by molar-refractivity contribution is -0.156. The lowest BCUT2D eigenvalue weighted by Gasteiger charge is -2.32. The van der Waals surface area contributed by atoms with Crippen LogP contribution in [-0.4, -0.2) is 53.9 Å². The SMILES string of the molecule is CCOC(=O)[C@@]1(CCSC)N[C@@H](c2ccccc2F)[C@H]2C(=O)N(C)C(=O)[C@H]21. The molecule has 2 amide bonds. The molecule has 27 heavy (non-hydrogen) atoms. The van der Waals surface area contributed by atoms with Gasteiger partial charge in [0, 0.05) is 18.7 Å². The van der Waals surface area contributed by atoms with E-state index in [1.807, 2.05) is 6.26 Å². The number of halogens is 1. The van der Waals surface area contributed by atoms with Crippen LogP contribution in [0.2, 0.25) is 0 Å². The van der Waals surface area contributed by atoms with Gasteiger partial charge in [0.1, 0.15) is 11.4 Å². The Hall–Kier alpha value is -1.93. The highest BCUT2D eigenvalue weighted by Crippen LogP contribution is 2.50. The van der Waals surface area contributed by atoms with Crippen LogP contribution in [0.3, 0.4) is 0 Å². The molecule has 1 N–H and O–H groups in total. The van der Waals surface area contributed by atoms with Gasteiger partial charge in [-0.3, -0.25) is 24.6 Å². The molecule has 0 radical (unpaired) electrons. The molecule has 146 valence electrons. The largest absolute Gasteiger partial charge is 0.465 e. The van der Waals surface area contributed by atoms with Crippen LogP contribution in [0.1, 0.15) is 24.9 Å². The summed E-state index contributed by atoms with van der Waals surface area (Å²) in [6, 6.07) is 5.35. The van der Waals surface area contributed by atoms with Gasteiger partial charge in [0.2, 0.25) is 11.8 Å². The second-order valence-corrected chi connectivity index (χ2v) is 7.80. The molecular weight excluding hydrogens is 371 g/mol. The molecule has 3 rings (SSSR count). The first kappa shape index (κ1) is 19.8. The molecule has 4 atom stereocenters. The maximum atomic E-state index is 14.5. The van der Waals surface area contributed by atoms with Crippen molar-refractivity contribution in [2.75, 3.05) is 25.7 Å². The van der Waals surface area contributed by atoms with Crippen molar-refractivity contribution in [3.63, 3.8) is 0 Å². The van der Waals surface area contributed by atoms with E-state index in [-0.39, 0.29) is 12.2 Å². The van der Waals surface area contributed by atoms with E-state index >= 15 is 0 Å². The van der Waals surface area contributed by atoms with Crippen LogP contribution in [0, 0.1) is 17.7 Å². The molecule has 8 heteroatoms. The van der Waals surface area contributed by atoms with Gasteiger partial charge < -0.3 is 4.74 Å². The highest BCUT2D eigenvalue weighted by atomic mass is 32.2. The summed E-state index contributed by atoms with van der Waals surface area (Å²) in [5, 5.41) is 3.17. The average molecular weight is 394 g/mol. The second kappa shape index (κ2) is 7.59. The van der Waals surface area contributed by atoms with Crippen LogP contribution in [0.15, 0.2) is 24.3 Å². The molecule has 2 aliphatic heterocycles. The van der Waals surface area contributed by atoms with E-state index in [1.54, 1.807) is 25.1 Å². The third-order valence-corrected chi connectivity index (χ3v) is 6.07. The molecule has 6 nitrogen and oxygen atoms in total. The molecule has 0 bridgehead atoms. The predicted octanol–water partition coefficient (Wildman–Crippen LogP) is 1.76. The van der Waals surface area contributed by atoms with Crippen LogP contribution >= 0.6 is 11.8 Å². The van der Waals surface area contributed by atoms with Gasteiger partial charge in [0.15, 0.2) is 0 Å². The summed E-state index contributed by atoms with van der Waals surface area (Å²) in [5.41, 5.74) is -1.08. The fourth-order valence-electron chi connectivity index (χ4n) is 4.18. The molecular formula is C19H23FN2O4S. The summed E-state index contributed by atoms with van der Waals surface area (Å²) in [6.45, 7) is 1.84. The van der Waals surface area contributed by atoms with Crippen LogP contribution in [0.5, 0.6) is 0 Å². The minimum absolute atomic E-state index is 0.154. The summed E-state index contributed by atoms with van der Waals surface area (Å²) in [6.07, 6.45) is 2.21. The normalized spacial score (nSPS) is 29.9. The third kappa shape index (κ3) is 3.04. The maximum absolute atomic E-state index is 14.5. The summed E-state index contributed by atoms with van der Waals surface area (Å²) in [5.74, 6) is -3.04. The molecule has 0 aromatic heterocycles. The number of amides is 2. The van der Waals surface area contributed by atoms with Crippen molar-refractivity contribution in [1.29, 1.82) is 0 Å². The molecule has 1 aromatic rings. The van der Waals surface area contributed by atoms with Crippen LogP contribution < -0.4 is 5.32 Å². The van der Waals surface area contributed by atoms with Gasteiger partial charge in [0.05, 0.1) is 18.4 Å². The first-order valence-electron chi connectivity index (χ1n) is 8.88. The van der Waals surface area contributed by atoms with Gasteiger partial charge in [-0.2, -0.15) is 11.8 Å². The predicted molar refractivity (Wildman–Crippen MR) is 99.4 cm³/mol. The fraction of sp³-hybridized carbons (Fsp3) is 0.526. The second-order valence-electron chi connectivity index (χ2n) is 6.82. The van der Waals surface area contributed by atoms with E-state index in [0.717, 1.165) is 4.90 Å². The van der Waals surface area contributed by atoms with Gasteiger partial charge in [-0.1, -0.05) is 18.2 Å². The molecule has 0 spiro atoms. The van der Waals surface area contributed by atoms with Gasteiger partial charge in [-0.05, 0) is 31.4 Å². The van der Waals surface area contributed by atoms with Crippen molar-refractivity contribution < 1.29 is 23.5 Å². The van der Waals surface area contributed by atoms with Crippen LogP contribution in [0.4, 0.5) is 4.39 Å². The Bertz CT molecular complexity index is 774. The zero-order chi connectivity index (χ0) is 19.8. The number of carbonyl (C=O) groups excluding carboxylic acids is 3. The summed E-state index contributed by atoms with van der Waals surface area (Å²) < 4.78 is 19.8. The first-order chi connectivity index (χ1) is 12.9. The third-order valence-electron chi connectivity index (χ3n) is 5.46. The molecule has 2 saturated heterocycles. The van der Waals surface area contributed by atoms with E-state index in [0.29, 0.717) is 12.2 Å². The lowest BCUT2D eigenvalue weighted by atomic mass is 9.77. The Kier molecular flexibility index (Phi) is 5.58. The van der Waals surface area contributed by atoms with Crippen LogP contribution in [-0.2, 0) is 19.1 Å². The van der Waals surface area contributed by atoms with Crippen molar-refractivity contribution in [3.05, 3.63) is 35.6 Å². The number of thioether (sulfide) groups is 1. The Morgan fingerprint density at radius 2 is 2.04 bits per heavy atom. The van der Waals surface area contributed by atoms with Crippen LogP contribution in [0.25, 0.3) is 0 Å². The molecule has 0 unspecified atom stereocenters. The number of esters is 1. The zero-order valence-corrected chi connectivity index (χ0v) is 16.3. The van der Waals surface area contributed by atoms with Crippen molar-refractivity contribution in [2.45, 2.75) is 24.9 Å². The van der Waals surface area contributed by atoms with Crippen molar-refractivity contribution in [1.82, 2.24) is 10.2 Å². The number of imide groups is 1. The highest BCUT2D eigenvalue weighted by Gasteiger charge is 2.68. The molecule has 2 heterocycles. The number of nitrogens with one attached hydrogen (secondary N) is 1. The minimum Gasteiger partial charge on any atom is -0.465 e. The smallest absolute Gasteiger partial charge is 0.327 e. The Labute approximate surface area is 161 Å². The van der Waals surface area contributed by atoms with E-state index in [4.69, 9.17) is 4.74 Å². The molecule has 0 aliphatic carbocycles. The number of ether oxygens (including phenoxy) is 1. The monoisotopic (exact) mass is 394 g/mol. The maximum Gasteiger partial charge on any atom is 0.327 e. The van der Waals surface area contributed by atoms with Crippen molar-refractivity contribution in [3.8, 4) is 0 Å². The van der Waals surface area contributed by atoms with Gasteiger partial charge >= 0.3 is 5.97 Å². The van der Waals surface area contributed by atoms with Crippen molar-refractivity contribution >= 4 is 29.5 Å². The number of benzene rings is 1. The number of carbonyl (C=O) groups is 3. The molecule has 2 aliphatic rings.